The number of carbonyl (C=O) groups is 2. The average Bonchev–Trinajstić information content (AvgIpc) is 3.27. The standard InChI is InChI=1S/C28H22N2O7/c1-3-28(35)18-11-20-24-16(12-30(20)26(33)17(18)13-37-27(28)34)23(15-6-4-5-7-19(15)29-24)25(32)14-8-9-22(36-2)21(31)10-14/h4-11,31,35H,3,12-13H2,1-2H3/t28-/m0/s1. The normalized spacial score (nSPS) is 17.6. The SMILES string of the molecule is CC[C@@]1(O)C(=O)OCc2c1cc1n(c2=O)Cc2c-1nc1ccccc1c2C(=O)c1ccc(OC)c(O)c1. The van der Waals surface area contributed by atoms with E-state index in [2.05, 4.69) is 0 Å². The number of ketones is 1. The zero-order chi connectivity index (χ0) is 26.1. The Hall–Kier alpha value is -4.50. The molecule has 0 spiro atoms. The molecule has 2 aliphatic heterocycles. The lowest BCUT2D eigenvalue weighted by Crippen LogP contribution is -2.44. The molecule has 4 aromatic rings. The Morgan fingerprint density at radius 3 is 2.68 bits per heavy atom. The predicted molar refractivity (Wildman–Crippen MR) is 133 cm³/mol. The minimum absolute atomic E-state index is 0.0322. The van der Waals surface area contributed by atoms with Gasteiger partial charge in [0.05, 0.1) is 36.1 Å². The van der Waals surface area contributed by atoms with Gasteiger partial charge in [0, 0.05) is 27.6 Å². The fourth-order valence-electron chi connectivity index (χ4n) is 5.26. The number of benzene rings is 2. The summed E-state index contributed by atoms with van der Waals surface area (Å²) in [5, 5.41) is 22.0. The Labute approximate surface area is 210 Å². The number of para-hydroxylation sites is 1. The van der Waals surface area contributed by atoms with Crippen LogP contribution in [-0.4, -0.2) is 38.6 Å². The molecule has 0 amide bonds. The van der Waals surface area contributed by atoms with Crippen molar-refractivity contribution < 1.29 is 29.3 Å². The minimum Gasteiger partial charge on any atom is -0.504 e. The summed E-state index contributed by atoms with van der Waals surface area (Å²) in [7, 11) is 1.42. The van der Waals surface area contributed by atoms with Crippen molar-refractivity contribution in [3.8, 4) is 22.9 Å². The number of methoxy groups -OCH3 is 1. The molecule has 0 saturated heterocycles. The summed E-state index contributed by atoms with van der Waals surface area (Å²) >= 11 is 0. The summed E-state index contributed by atoms with van der Waals surface area (Å²) in [5.74, 6) is -1.07. The van der Waals surface area contributed by atoms with Crippen molar-refractivity contribution in [3.63, 3.8) is 0 Å². The van der Waals surface area contributed by atoms with E-state index in [9.17, 15) is 24.6 Å². The molecular formula is C28H22N2O7. The molecule has 0 saturated carbocycles. The Morgan fingerprint density at radius 2 is 1.95 bits per heavy atom. The number of nitrogens with zero attached hydrogens (tertiary/aromatic N) is 2. The van der Waals surface area contributed by atoms with E-state index in [-0.39, 0.29) is 53.5 Å². The van der Waals surface area contributed by atoms with E-state index in [1.165, 1.54) is 23.8 Å². The molecular weight excluding hydrogens is 476 g/mol. The van der Waals surface area contributed by atoms with Crippen molar-refractivity contribution in [3.05, 3.63) is 86.7 Å². The number of carbonyl (C=O) groups excluding carboxylic acids is 2. The minimum atomic E-state index is -1.94. The number of pyridine rings is 2. The van der Waals surface area contributed by atoms with E-state index >= 15 is 0 Å². The number of phenolic OH excluding ortho intramolecular Hbond substituents is 1. The lowest BCUT2D eigenvalue weighted by Gasteiger charge is -2.31. The number of hydrogen-bond donors (Lipinski definition) is 2. The molecule has 9 nitrogen and oxygen atoms in total. The fraction of sp³-hybridized carbons (Fsp3) is 0.214. The molecule has 2 N–H and O–H groups in total. The van der Waals surface area contributed by atoms with Crippen molar-refractivity contribution in [2.45, 2.75) is 32.1 Å². The van der Waals surface area contributed by atoms with Gasteiger partial charge in [-0.25, -0.2) is 9.78 Å². The van der Waals surface area contributed by atoms with E-state index < -0.39 is 17.1 Å². The predicted octanol–water partition coefficient (Wildman–Crippen LogP) is 3.02. The van der Waals surface area contributed by atoms with Gasteiger partial charge >= 0.3 is 5.97 Å². The van der Waals surface area contributed by atoms with Crippen LogP contribution < -0.4 is 10.3 Å². The maximum Gasteiger partial charge on any atom is 0.343 e. The van der Waals surface area contributed by atoms with Crippen LogP contribution in [0.4, 0.5) is 0 Å². The van der Waals surface area contributed by atoms with Crippen molar-refractivity contribution in [1.29, 1.82) is 0 Å². The van der Waals surface area contributed by atoms with Gasteiger partial charge < -0.3 is 24.3 Å². The van der Waals surface area contributed by atoms with E-state index in [0.717, 1.165) is 0 Å². The summed E-state index contributed by atoms with van der Waals surface area (Å²) < 4.78 is 11.7. The molecule has 2 aromatic carbocycles. The maximum absolute atomic E-state index is 13.9. The Morgan fingerprint density at radius 1 is 1.16 bits per heavy atom. The van der Waals surface area contributed by atoms with Crippen LogP contribution in [0.3, 0.4) is 0 Å². The maximum atomic E-state index is 13.9. The summed E-state index contributed by atoms with van der Waals surface area (Å²) in [6.07, 6.45) is 0.0322. The topological polar surface area (TPSA) is 128 Å². The second-order valence-electron chi connectivity index (χ2n) is 9.15. The number of aromatic nitrogens is 2. The lowest BCUT2D eigenvalue weighted by molar-refractivity contribution is -0.172. The van der Waals surface area contributed by atoms with Crippen molar-refractivity contribution in [1.82, 2.24) is 9.55 Å². The number of aliphatic hydroxyl groups is 1. The van der Waals surface area contributed by atoms with Gasteiger partial charge in [0.1, 0.15) is 6.61 Å². The molecule has 0 unspecified atom stereocenters. The number of esters is 1. The van der Waals surface area contributed by atoms with Gasteiger partial charge in [0.15, 0.2) is 22.9 Å². The monoisotopic (exact) mass is 498 g/mol. The highest BCUT2D eigenvalue weighted by molar-refractivity contribution is 6.18. The second-order valence-corrected chi connectivity index (χ2v) is 9.15. The third kappa shape index (κ3) is 3.14. The summed E-state index contributed by atoms with van der Waals surface area (Å²) in [6, 6.07) is 13.2. The van der Waals surface area contributed by atoms with Crippen LogP contribution >= 0.6 is 0 Å². The van der Waals surface area contributed by atoms with Gasteiger partial charge in [-0.3, -0.25) is 9.59 Å². The first-order valence-corrected chi connectivity index (χ1v) is 11.8. The largest absolute Gasteiger partial charge is 0.504 e. The first-order valence-electron chi connectivity index (χ1n) is 11.8. The van der Waals surface area contributed by atoms with E-state index in [4.69, 9.17) is 14.5 Å². The highest BCUT2D eigenvalue weighted by atomic mass is 16.6. The Kier molecular flexibility index (Phi) is 4.96. The first kappa shape index (κ1) is 22.9. The number of rotatable bonds is 4. The molecule has 0 aliphatic carbocycles. The fourth-order valence-corrected chi connectivity index (χ4v) is 5.26. The quantitative estimate of drug-likeness (QED) is 0.286. The summed E-state index contributed by atoms with van der Waals surface area (Å²) in [4.78, 5) is 44.7. The van der Waals surface area contributed by atoms with Gasteiger partial charge in [-0.15, -0.1) is 0 Å². The van der Waals surface area contributed by atoms with E-state index in [1.54, 1.807) is 43.3 Å². The lowest BCUT2D eigenvalue weighted by atomic mass is 9.86. The number of aromatic hydroxyl groups is 1. The van der Waals surface area contributed by atoms with Crippen molar-refractivity contribution in [2.75, 3.05) is 7.11 Å². The Balaban J connectivity index is 1.62. The van der Waals surface area contributed by atoms with Crippen molar-refractivity contribution in [2.24, 2.45) is 0 Å². The molecule has 4 heterocycles. The number of hydrogen-bond acceptors (Lipinski definition) is 8. The molecule has 9 heteroatoms. The number of fused-ring (bicyclic) bond motifs is 5. The second kappa shape index (κ2) is 8.01. The molecule has 0 fully saturated rings. The molecule has 2 aliphatic rings. The van der Waals surface area contributed by atoms with Gasteiger partial charge in [0.2, 0.25) is 0 Å². The molecule has 6 rings (SSSR count). The van der Waals surface area contributed by atoms with Crippen LogP contribution in [-0.2, 0) is 28.3 Å². The van der Waals surface area contributed by atoms with E-state index in [0.29, 0.717) is 33.4 Å². The van der Waals surface area contributed by atoms with Crippen LogP contribution in [0.15, 0.2) is 53.3 Å². The van der Waals surface area contributed by atoms with Crippen LogP contribution in [0.5, 0.6) is 11.5 Å². The molecule has 0 bridgehead atoms. The molecule has 1 atom stereocenters. The van der Waals surface area contributed by atoms with Crippen LogP contribution in [0.1, 0.15) is 46.0 Å². The van der Waals surface area contributed by atoms with Gasteiger partial charge in [-0.2, -0.15) is 0 Å². The zero-order valence-electron chi connectivity index (χ0n) is 20.1. The van der Waals surface area contributed by atoms with Crippen LogP contribution in [0.25, 0.3) is 22.3 Å². The van der Waals surface area contributed by atoms with Crippen molar-refractivity contribution >= 4 is 22.7 Å². The van der Waals surface area contributed by atoms with Gasteiger partial charge in [0.25, 0.3) is 5.56 Å². The zero-order valence-corrected chi connectivity index (χ0v) is 20.1. The molecule has 37 heavy (non-hydrogen) atoms. The Bertz CT molecular complexity index is 1720. The van der Waals surface area contributed by atoms with Crippen LogP contribution in [0, 0.1) is 0 Å². The molecule has 0 radical (unpaired) electrons. The highest BCUT2D eigenvalue weighted by Crippen LogP contribution is 2.41. The highest BCUT2D eigenvalue weighted by Gasteiger charge is 2.45. The average molecular weight is 498 g/mol. The number of ether oxygens (including phenoxy) is 2. The van der Waals surface area contributed by atoms with E-state index in [1.807, 2.05) is 0 Å². The summed E-state index contributed by atoms with van der Waals surface area (Å²) in [5.41, 5.74) is 0.613. The number of cyclic esters (lactones) is 1. The van der Waals surface area contributed by atoms with Gasteiger partial charge in [-0.05, 0) is 36.8 Å². The first-order chi connectivity index (χ1) is 17.8. The smallest absolute Gasteiger partial charge is 0.343 e. The third-order valence-electron chi connectivity index (χ3n) is 7.26. The van der Waals surface area contributed by atoms with Gasteiger partial charge in [-0.1, -0.05) is 25.1 Å². The molecule has 186 valence electrons. The number of phenols is 1. The summed E-state index contributed by atoms with van der Waals surface area (Å²) in [6.45, 7) is 1.48. The third-order valence-corrected chi connectivity index (χ3v) is 7.26. The molecule has 2 aromatic heterocycles. The van der Waals surface area contributed by atoms with Crippen LogP contribution in [0.2, 0.25) is 0 Å².